The molecule has 0 aliphatic rings. The predicted octanol–water partition coefficient (Wildman–Crippen LogP) is 3.92. The standard InChI is InChI=1S/C19H19Cl2N5O6/c1-8(2)11-7-14(23-25(4)17(11)27)31-15-12(20)5-10(6-13(15)21)26(19(29)30)9(3)16-22-18(28)32-24-16/h5-9H,1-4H3,(H,29,30)(H,22,24,28). The molecule has 2 N–H and O–H groups in total. The first-order valence-electron chi connectivity index (χ1n) is 9.32. The van der Waals surface area contributed by atoms with Gasteiger partial charge in [0.2, 0.25) is 5.88 Å². The topological polar surface area (TPSA) is 144 Å². The van der Waals surface area contributed by atoms with Crippen LogP contribution in [0.5, 0.6) is 11.6 Å². The van der Waals surface area contributed by atoms with Crippen molar-refractivity contribution in [2.45, 2.75) is 32.7 Å². The number of ether oxygens (including phenoxy) is 1. The van der Waals surface area contributed by atoms with Crippen molar-refractivity contribution in [1.29, 1.82) is 0 Å². The van der Waals surface area contributed by atoms with Crippen LogP contribution in [-0.2, 0) is 7.05 Å². The van der Waals surface area contributed by atoms with Gasteiger partial charge in [0.15, 0.2) is 11.6 Å². The minimum atomic E-state index is -1.34. The number of aromatic nitrogens is 4. The molecule has 1 aromatic carbocycles. The number of H-pyrrole nitrogens is 1. The molecular formula is C19H19Cl2N5O6. The van der Waals surface area contributed by atoms with Gasteiger partial charge in [-0.25, -0.2) is 14.3 Å². The highest BCUT2D eigenvalue weighted by molar-refractivity contribution is 6.37. The number of nitrogens with zero attached hydrogens (tertiary/aromatic N) is 4. The molecule has 1 unspecified atom stereocenters. The van der Waals surface area contributed by atoms with Crippen LogP contribution >= 0.6 is 23.2 Å². The van der Waals surface area contributed by atoms with Gasteiger partial charge in [0.1, 0.15) is 0 Å². The Labute approximate surface area is 191 Å². The molecule has 1 amide bonds. The molecule has 0 radical (unpaired) electrons. The van der Waals surface area contributed by atoms with E-state index < -0.39 is 17.9 Å². The fourth-order valence-electron chi connectivity index (χ4n) is 3.00. The fourth-order valence-corrected chi connectivity index (χ4v) is 3.55. The largest absolute Gasteiger partial charge is 0.465 e. The molecule has 2 aromatic heterocycles. The zero-order valence-electron chi connectivity index (χ0n) is 17.4. The number of carboxylic acid groups (broad SMARTS) is 1. The molecule has 1 atom stereocenters. The second kappa shape index (κ2) is 9.05. The maximum Gasteiger partial charge on any atom is 0.438 e. The summed E-state index contributed by atoms with van der Waals surface area (Å²) in [6.45, 7) is 5.22. The lowest BCUT2D eigenvalue weighted by Gasteiger charge is -2.25. The minimum absolute atomic E-state index is 0.000545. The first-order valence-corrected chi connectivity index (χ1v) is 10.1. The summed E-state index contributed by atoms with van der Waals surface area (Å²) in [5, 5.41) is 17.3. The summed E-state index contributed by atoms with van der Waals surface area (Å²) >= 11 is 12.7. The van der Waals surface area contributed by atoms with Gasteiger partial charge in [-0.2, -0.15) is 0 Å². The van der Waals surface area contributed by atoms with E-state index in [1.54, 1.807) is 0 Å². The Morgan fingerprint density at radius 2 is 1.84 bits per heavy atom. The molecule has 0 bridgehead atoms. The number of rotatable bonds is 6. The van der Waals surface area contributed by atoms with Gasteiger partial charge >= 0.3 is 11.8 Å². The summed E-state index contributed by atoms with van der Waals surface area (Å²) in [5.74, 6) is -0.758. The van der Waals surface area contributed by atoms with Crippen molar-refractivity contribution < 1.29 is 19.2 Å². The lowest BCUT2D eigenvalue weighted by molar-refractivity contribution is 0.199. The molecule has 13 heteroatoms. The number of hydrogen-bond acceptors (Lipinski definition) is 7. The number of hydrogen-bond donors (Lipinski definition) is 2. The number of amides is 1. The zero-order chi connectivity index (χ0) is 23.7. The number of benzene rings is 1. The van der Waals surface area contributed by atoms with E-state index in [4.69, 9.17) is 27.9 Å². The Morgan fingerprint density at radius 1 is 1.22 bits per heavy atom. The van der Waals surface area contributed by atoms with Gasteiger partial charge in [0.05, 0.1) is 21.8 Å². The number of aryl methyl sites for hydroxylation is 1. The average Bonchev–Trinajstić information content (AvgIpc) is 3.13. The van der Waals surface area contributed by atoms with Crippen LogP contribution in [0.25, 0.3) is 0 Å². The Hall–Kier alpha value is -3.31. The third-order valence-corrected chi connectivity index (χ3v) is 5.17. The lowest BCUT2D eigenvalue weighted by atomic mass is 10.1. The second-order valence-corrected chi connectivity index (χ2v) is 7.99. The summed E-state index contributed by atoms with van der Waals surface area (Å²) < 4.78 is 11.3. The Balaban J connectivity index is 2.00. The van der Waals surface area contributed by atoms with Crippen molar-refractivity contribution in [2.24, 2.45) is 7.05 Å². The molecule has 0 spiro atoms. The fraction of sp³-hybridized carbons (Fsp3) is 0.316. The summed E-state index contributed by atoms with van der Waals surface area (Å²) in [7, 11) is 1.49. The second-order valence-electron chi connectivity index (χ2n) is 7.17. The quantitative estimate of drug-likeness (QED) is 0.536. The number of nitrogens with one attached hydrogen (secondary N) is 1. The van der Waals surface area contributed by atoms with E-state index in [1.807, 2.05) is 13.8 Å². The summed E-state index contributed by atoms with van der Waals surface area (Å²) in [4.78, 5) is 38.6. The van der Waals surface area contributed by atoms with Crippen molar-refractivity contribution in [3.8, 4) is 11.6 Å². The van der Waals surface area contributed by atoms with Crippen molar-refractivity contribution in [2.75, 3.05) is 4.90 Å². The van der Waals surface area contributed by atoms with Crippen molar-refractivity contribution in [3.05, 3.63) is 60.5 Å². The van der Waals surface area contributed by atoms with E-state index in [2.05, 4.69) is 19.8 Å². The van der Waals surface area contributed by atoms with Gasteiger partial charge in [-0.3, -0.25) is 19.2 Å². The highest BCUT2D eigenvalue weighted by Gasteiger charge is 2.28. The number of anilines is 1. The average molecular weight is 484 g/mol. The molecule has 0 aliphatic carbocycles. The summed E-state index contributed by atoms with van der Waals surface area (Å²) in [5.41, 5.74) is 0.346. The Kier molecular flexibility index (Phi) is 6.60. The number of aromatic amines is 1. The van der Waals surface area contributed by atoms with E-state index >= 15 is 0 Å². The molecule has 170 valence electrons. The van der Waals surface area contributed by atoms with Gasteiger partial charge < -0.3 is 9.84 Å². The number of carbonyl (C=O) groups is 1. The van der Waals surface area contributed by atoms with Gasteiger partial charge in [-0.1, -0.05) is 42.2 Å². The highest BCUT2D eigenvalue weighted by Crippen LogP contribution is 2.41. The van der Waals surface area contributed by atoms with Crippen LogP contribution in [0.3, 0.4) is 0 Å². The van der Waals surface area contributed by atoms with Crippen molar-refractivity contribution in [3.63, 3.8) is 0 Å². The van der Waals surface area contributed by atoms with Crippen LogP contribution in [0.2, 0.25) is 10.0 Å². The van der Waals surface area contributed by atoms with Crippen LogP contribution in [0.4, 0.5) is 10.5 Å². The molecule has 0 aliphatic heterocycles. The normalized spacial score (nSPS) is 12.1. The molecule has 2 heterocycles. The smallest absolute Gasteiger partial charge is 0.438 e. The Bertz CT molecular complexity index is 1260. The zero-order valence-corrected chi connectivity index (χ0v) is 18.9. The molecule has 0 fully saturated rings. The molecule has 3 rings (SSSR count). The van der Waals surface area contributed by atoms with Crippen LogP contribution in [0.1, 0.15) is 44.1 Å². The lowest BCUT2D eigenvalue weighted by Crippen LogP contribution is -2.33. The van der Waals surface area contributed by atoms with Gasteiger partial charge in [0.25, 0.3) is 5.56 Å². The monoisotopic (exact) mass is 483 g/mol. The molecule has 0 saturated carbocycles. The van der Waals surface area contributed by atoms with Crippen LogP contribution in [0, 0.1) is 0 Å². The third kappa shape index (κ3) is 4.63. The maximum absolute atomic E-state index is 12.2. The molecule has 32 heavy (non-hydrogen) atoms. The molecule has 0 saturated heterocycles. The first kappa shape index (κ1) is 23.4. The van der Waals surface area contributed by atoms with E-state index in [0.29, 0.717) is 5.56 Å². The minimum Gasteiger partial charge on any atom is -0.465 e. The van der Waals surface area contributed by atoms with Gasteiger partial charge in [0, 0.05) is 18.7 Å². The Morgan fingerprint density at radius 3 is 2.34 bits per heavy atom. The molecule has 3 aromatic rings. The predicted molar refractivity (Wildman–Crippen MR) is 116 cm³/mol. The first-order chi connectivity index (χ1) is 15.0. The van der Waals surface area contributed by atoms with E-state index in [1.165, 1.54) is 32.2 Å². The van der Waals surface area contributed by atoms with Crippen molar-refractivity contribution in [1.82, 2.24) is 19.9 Å². The maximum atomic E-state index is 12.2. The van der Waals surface area contributed by atoms with Crippen molar-refractivity contribution >= 4 is 35.0 Å². The highest BCUT2D eigenvalue weighted by atomic mass is 35.5. The molecular weight excluding hydrogens is 465 g/mol. The molecule has 11 nitrogen and oxygen atoms in total. The van der Waals surface area contributed by atoms with E-state index in [9.17, 15) is 19.5 Å². The van der Waals surface area contributed by atoms with Gasteiger partial charge in [-0.05, 0) is 25.0 Å². The third-order valence-electron chi connectivity index (χ3n) is 4.60. The SMILES string of the molecule is CC(C)c1cc(Oc2c(Cl)cc(N(C(=O)O)C(C)c3noc(=O)[nH]3)cc2Cl)nn(C)c1=O. The summed E-state index contributed by atoms with van der Waals surface area (Å²) in [6.07, 6.45) is -1.34. The van der Waals surface area contributed by atoms with E-state index in [0.717, 1.165) is 9.58 Å². The van der Waals surface area contributed by atoms with Gasteiger partial charge in [-0.15, -0.1) is 5.10 Å². The van der Waals surface area contributed by atoms with E-state index in [-0.39, 0.29) is 44.7 Å². The van der Waals surface area contributed by atoms with Crippen LogP contribution in [0.15, 0.2) is 32.3 Å². The summed E-state index contributed by atoms with van der Waals surface area (Å²) in [6, 6.07) is 3.24. The van der Waals surface area contributed by atoms with Crippen LogP contribution in [-0.4, -0.2) is 31.1 Å². The number of halogens is 2. The van der Waals surface area contributed by atoms with Crippen LogP contribution < -0.4 is 21.0 Å².